The molecule has 3 rings (SSSR count). The minimum atomic E-state index is -3.40. The molecule has 26 heavy (non-hydrogen) atoms. The van der Waals surface area contributed by atoms with Crippen molar-refractivity contribution in [2.75, 3.05) is 11.6 Å². The van der Waals surface area contributed by atoms with E-state index in [-0.39, 0.29) is 15.5 Å². The summed E-state index contributed by atoms with van der Waals surface area (Å²) in [5.74, 6) is -0.465. The number of hydrogen-bond donors (Lipinski definition) is 2. The Morgan fingerprint density at radius 1 is 1.08 bits per heavy atom. The molecular weight excluding hydrogens is 397 g/mol. The van der Waals surface area contributed by atoms with Crippen molar-refractivity contribution < 1.29 is 13.2 Å². The number of aromatic nitrogens is 2. The Morgan fingerprint density at radius 3 is 2.46 bits per heavy atom. The third kappa shape index (κ3) is 3.90. The molecule has 0 spiro atoms. The van der Waals surface area contributed by atoms with E-state index in [0.717, 1.165) is 6.26 Å². The lowest BCUT2D eigenvalue weighted by molar-refractivity contribution is 0.102. The molecule has 0 radical (unpaired) electrons. The summed E-state index contributed by atoms with van der Waals surface area (Å²) in [5.41, 5.74) is 2.06. The van der Waals surface area contributed by atoms with Crippen molar-refractivity contribution in [3.05, 3.63) is 64.3 Å². The monoisotopic (exact) mass is 409 g/mol. The zero-order chi connectivity index (χ0) is 18.9. The van der Waals surface area contributed by atoms with Crippen molar-refractivity contribution >= 4 is 44.6 Å². The van der Waals surface area contributed by atoms with Crippen LogP contribution < -0.4 is 5.32 Å². The first-order chi connectivity index (χ1) is 12.3. The third-order valence-electron chi connectivity index (χ3n) is 3.63. The van der Waals surface area contributed by atoms with Gasteiger partial charge in [-0.05, 0) is 42.5 Å². The molecule has 9 heteroatoms. The van der Waals surface area contributed by atoms with Crippen molar-refractivity contribution in [3.8, 4) is 11.3 Å². The average molecular weight is 410 g/mol. The highest BCUT2D eigenvalue weighted by atomic mass is 35.5. The van der Waals surface area contributed by atoms with Crippen LogP contribution in [0.2, 0.25) is 10.0 Å². The van der Waals surface area contributed by atoms with E-state index in [9.17, 15) is 13.2 Å². The van der Waals surface area contributed by atoms with E-state index in [4.69, 9.17) is 23.2 Å². The van der Waals surface area contributed by atoms with E-state index in [1.54, 1.807) is 30.5 Å². The Bertz CT molecular complexity index is 1080. The van der Waals surface area contributed by atoms with Crippen LogP contribution in [-0.4, -0.2) is 30.8 Å². The molecule has 0 atom stereocenters. The summed E-state index contributed by atoms with van der Waals surface area (Å²) in [6.07, 6.45) is 2.67. The van der Waals surface area contributed by atoms with Gasteiger partial charge in [0.2, 0.25) is 0 Å². The summed E-state index contributed by atoms with van der Waals surface area (Å²) >= 11 is 12.3. The number of H-pyrrole nitrogens is 1. The fourth-order valence-electron chi connectivity index (χ4n) is 2.32. The quantitative estimate of drug-likeness (QED) is 0.679. The van der Waals surface area contributed by atoms with Crippen molar-refractivity contribution in [1.29, 1.82) is 0 Å². The number of amides is 1. The molecule has 0 aliphatic heterocycles. The Morgan fingerprint density at radius 2 is 1.85 bits per heavy atom. The van der Waals surface area contributed by atoms with Gasteiger partial charge in [-0.3, -0.25) is 9.89 Å². The molecule has 3 aromatic rings. The van der Waals surface area contributed by atoms with E-state index in [1.807, 2.05) is 0 Å². The molecule has 0 unspecified atom stereocenters. The van der Waals surface area contributed by atoms with Gasteiger partial charge in [-0.25, -0.2) is 8.42 Å². The molecule has 6 nitrogen and oxygen atoms in total. The standard InChI is InChI=1S/C17H13Cl2N3O3S/c1-26(24,25)11-3-4-12(15(19)9-11)17(23)21-10-2-5-14(18)13(8-10)16-6-7-20-22-16/h2-9H,1H3,(H,20,22)(H,21,23). The number of sulfone groups is 1. The number of nitrogens with zero attached hydrogens (tertiary/aromatic N) is 1. The maximum absolute atomic E-state index is 12.5. The zero-order valence-corrected chi connectivity index (χ0v) is 15.8. The molecule has 0 bridgehead atoms. The van der Waals surface area contributed by atoms with Crippen molar-refractivity contribution in [2.24, 2.45) is 0 Å². The summed E-state index contributed by atoms with van der Waals surface area (Å²) in [7, 11) is -3.40. The lowest BCUT2D eigenvalue weighted by Crippen LogP contribution is -2.13. The van der Waals surface area contributed by atoms with Crippen LogP contribution in [0, 0.1) is 0 Å². The highest BCUT2D eigenvalue weighted by molar-refractivity contribution is 7.90. The van der Waals surface area contributed by atoms with Crippen LogP contribution in [0.15, 0.2) is 53.6 Å². The van der Waals surface area contributed by atoms with Crippen LogP contribution in [0.3, 0.4) is 0 Å². The minimum absolute atomic E-state index is 0.0482. The molecule has 2 N–H and O–H groups in total. The second-order valence-corrected chi connectivity index (χ2v) is 8.36. The van der Waals surface area contributed by atoms with Gasteiger partial charge in [-0.2, -0.15) is 5.10 Å². The molecule has 2 aromatic carbocycles. The minimum Gasteiger partial charge on any atom is -0.322 e. The normalized spacial score (nSPS) is 11.3. The van der Waals surface area contributed by atoms with Gasteiger partial charge in [-0.15, -0.1) is 0 Å². The number of carbonyl (C=O) groups excluding carboxylic acids is 1. The van der Waals surface area contributed by atoms with E-state index in [0.29, 0.717) is 22.0 Å². The number of halogens is 2. The predicted octanol–water partition coefficient (Wildman–Crippen LogP) is 4.04. The highest BCUT2D eigenvalue weighted by Crippen LogP contribution is 2.30. The first-order valence-corrected chi connectivity index (χ1v) is 10.0. The molecule has 0 saturated carbocycles. The number of anilines is 1. The molecule has 1 aromatic heterocycles. The summed E-state index contributed by atoms with van der Waals surface area (Å²) in [4.78, 5) is 12.5. The van der Waals surface area contributed by atoms with Crippen LogP contribution in [-0.2, 0) is 9.84 Å². The molecule has 0 fully saturated rings. The summed E-state index contributed by atoms with van der Waals surface area (Å²) in [6, 6.07) is 10.7. The van der Waals surface area contributed by atoms with Gasteiger partial charge >= 0.3 is 0 Å². The second-order valence-electron chi connectivity index (χ2n) is 5.53. The molecule has 1 amide bonds. The van der Waals surface area contributed by atoms with E-state index >= 15 is 0 Å². The Labute approximate surface area is 160 Å². The number of aromatic amines is 1. The summed E-state index contributed by atoms with van der Waals surface area (Å²) in [6.45, 7) is 0. The zero-order valence-electron chi connectivity index (χ0n) is 13.5. The van der Waals surface area contributed by atoms with Gasteiger partial charge in [0.05, 0.1) is 26.2 Å². The van der Waals surface area contributed by atoms with E-state index in [2.05, 4.69) is 15.5 Å². The second kappa shape index (κ2) is 7.11. The van der Waals surface area contributed by atoms with Crippen molar-refractivity contribution in [2.45, 2.75) is 4.90 Å². The molecule has 134 valence electrons. The molecular formula is C17H13Cl2N3O3S. The van der Waals surface area contributed by atoms with Crippen LogP contribution in [0.5, 0.6) is 0 Å². The van der Waals surface area contributed by atoms with Crippen molar-refractivity contribution in [1.82, 2.24) is 10.2 Å². The maximum atomic E-state index is 12.5. The third-order valence-corrected chi connectivity index (χ3v) is 5.38. The average Bonchev–Trinajstić information content (AvgIpc) is 3.10. The van der Waals surface area contributed by atoms with Crippen molar-refractivity contribution in [3.63, 3.8) is 0 Å². The van der Waals surface area contributed by atoms with Gasteiger partial charge < -0.3 is 5.32 Å². The largest absolute Gasteiger partial charge is 0.322 e. The first-order valence-electron chi connectivity index (χ1n) is 7.36. The number of rotatable bonds is 4. The SMILES string of the molecule is CS(=O)(=O)c1ccc(C(=O)Nc2ccc(Cl)c(-c3ccn[nH]3)c2)c(Cl)c1. The Kier molecular flexibility index (Phi) is 5.04. The van der Waals surface area contributed by atoms with E-state index < -0.39 is 15.7 Å². The predicted molar refractivity (Wildman–Crippen MR) is 102 cm³/mol. The van der Waals surface area contributed by atoms with Gasteiger partial charge in [0.25, 0.3) is 5.91 Å². The maximum Gasteiger partial charge on any atom is 0.257 e. The van der Waals surface area contributed by atoms with Crippen LogP contribution in [0.25, 0.3) is 11.3 Å². The van der Waals surface area contributed by atoms with Gasteiger partial charge in [0.1, 0.15) is 0 Å². The van der Waals surface area contributed by atoms with Gasteiger partial charge in [-0.1, -0.05) is 23.2 Å². The number of nitrogens with one attached hydrogen (secondary N) is 2. The fourth-order valence-corrected chi connectivity index (χ4v) is 3.52. The summed E-state index contributed by atoms with van der Waals surface area (Å²) in [5, 5.41) is 9.96. The number of carbonyl (C=O) groups is 1. The van der Waals surface area contributed by atoms with Crippen LogP contribution >= 0.6 is 23.2 Å². The van der Waals surface area contributed by atoms with Gasteiger partial charge in [0, 0.05) is 23.7 Å². The van der Waals surface area contributed by atoms with E-state index in [1.165, 1.54) is 18.2 Å². The number of hydrogen-bond acceptors (Lipinski definition) is 4. The smallest absolute Gasteiger partial charge is 0.257 e. The van der Waals surface area contributed by atoms with Gasteiger partial charge in [0.15, 0.2) is 9.84 Å². The lowest BCUT2D eigenvalue weighted by atomic mass is 10.1. The first kappa shape index (κ1) is 18.4. The lowest BCUT2D eigenvalue weighted by Gasteiger charge is -2.10. The van der Waals surface area contributed by atoms with Crippen LogP contribution in [0.4, 0.5) is 5.69 Å². The Hall–Kier alpha value is -2.35. The Balaban J connectivity index is 1.88. The molecule has 0 saturated heterocycles. The molecule has 1 heterocycles. The summed E-state index contributed by atoms with van der Waals surface area (Å²) < 4.78 is 23.1. The van der Waals surface area contributed by atoms with Crippen LogP contribution in [0.1, 0.15) is 10.4 Å². The highest BCUT2D eigenvalue weighted by Gasteiger charge is 2.15. The topological polar surface area (TPSA) is 91.9 Å². The molecule has 0 aliphatic carbocycles. The fraction of sp³-hybridized carbons (Fsp3) is 0.0588. The molecule has 0 aliphatic rings. The number of benzene rings is 2.